The van der Waals surface area contributed by atoms with Gasteiger partial charge in [-0.25, -0.2) is 0 Å². The number of hydrogen-bond donors (Lipinski definition) is 1. The molecule has 0 amide bonds. The molecule has 0 spiro atoms. The minimum absolute atomic E-state index is 0.714. The van der Waals surface area contributed by atoms with Crippen molar-refractivity contribution in [3.63, 3.8) is 0 Å². The topological polar surface area (TPSA) is 26.0 Å². The number of thioether (sulfide) groups is 1. The summed E-state index contributed by atoms with van der Waals surface area (Å²) < 4.78 is 0. The molecule has 0 saturated carbocycles. The number of hydrogen-bond acceptors (Lipinski definition) is 2. The van der Waals surface area contributed by atoms with Crippen molar-refractivity contribution in [1.29, 1.82) is 0 Å². The Morgan fingerprint density at radius 2 is 2.33 bits per heavy atom. The maximum atomic E-state index is 5.68. The first-order valence-electron chi connectivity index (χ1n) is 5.72. The molecular weight excluding hydrogens is 202 g/mol. The molecule has 1 unspecified atom stereocenters. The van der Waals surface area contributed by atoms with Crippen LogP contribution in [0.4, 0.5) is 0 Å². The van der Waals surface area contributed by atoms with Gasteiger partial charge in [0.25, 0.3) is 0 Å². The zero-order valence-electron chi connectivity index (χ0n) is 9.33. The fourth-order valence-electron chi connectivity index (χ4n) is 2.50. The van der Waals surface area contributed by atoms with Gasteiger partial charge in [-0.05, 0) is 67.7 Å². The normalized spacial score (nSPS) is 20.0. The largest absolute Gasteiger partial charge is 0.330 e. The third-order valence-corrected chi connectivity index (χ3v) is 4.03. The highest BCUT2D eigenvalue weighted by atomic mass is 32.2. The Bertz CT molecular complexity index is 335. The van der Waals surface area contributed by atoms with E-state index in [1.807, 2.05) is 11.8 Å². The van der Waals surface area contributed by atoms with E-state index in [1.54, 1.807) is 11.1 Å². The molecule has 2 N–H and O–H groups in total. The van der Waals surface area contributed by atoms with Crippen LogP contribution in [0.2, 0.25) is 0 Å². The van der Waals surface area contributed by atoms with E-state index in [2.05, 4.69) is 24.5 Å². The lowest BCUT2D eigenvalue weighted by Crippen LogP contribution is -2.13. The molecule has 2 heteroatoms. The molecule has 0 fully saturated rings. The predicted octanol–water partition coefficient (Wildman–Crippen LogP) is 3.18. The van der Waals surface area contributed by atoms with E-state index in [4.69, 9.17) is 5.73 Å². The second kappa shape index (κ2) is 5.04. The Balaban J connectivity index is 2.30. The minimum atomic E-state index is 0.714. The van der Waals surface area contributed by atoms with Gasteiger partial charge in [0.1, 0.15) is 0 Å². The van der Waals surface area contributed by atoms with Crippen molar-refractivity contribution in [2.45, 2.75) is 36.5 Å². The quantitative estimate of drug-likeness (QED) is 0.793. The van der Waals surface area contributed by atoms with Crippen molar-refractivity contribution in [2.75, 3.05) is 12.8 Å². The standard InChI is InChI=1S/C13H19NS/c1-15-12-6-5-10-3-2-4-11(7-8-14)13(10)9-12/h5-6,9,11H,2-4,7-8,14H2,1H3. The van der Waals surface area contributed by atoms with E-state index in [0.29, 0.717) is 5.92 Å². The molecule has 0 radical (unpaired) electrons. The van der Waals surface area contributed by atoms with Crippen molar-refractivity contribution >= 4 is 11.8 Å². The highest BCUT2D eigenvalue weighted by molar-refractivity contribution is 7.98. The van der Waals surface area contributed by atoms with Gasteiger partial charge in [0.15, 0.2) is 0 Å². The van der Waals surface area contributed by atoms with Crippen molar-refractivity contribution in [3.05, 3.63) is 29.3 Å². The minimum Gasteiger partial charge on any atom is -0.330 e. The molecule has 82 valence electrons. The molecule has 0 saturated heterocycles. The van der Waals surface area contributed by atoms with Gasteiger partial charge in [-0.3, -0.25) is 0 Å². The summed E-state index contributed by atoms with van der Waals surface area (Å²) in [6.07, 6.45) is 7.19. The third-order valence-electron chi connectivity index (χ3n) is 3.31. The van der Waals surface area contributed by atoms with Crippen LogP contribution in [0.25, 0.3) is 0 Å². The fraction of sp³-hybridized carbons (Fsp3) is 0.538. The van der Waals surface area contributed by atoms with Crippen LogP contribution >= 0.6 is 11.8 Å². The van der Waals surface area contributed by atoms with Gasteiger partial charge in [0.05, 0.1) is 0 Å². The van der Waals surface area contributed by atoms with Crippen LogP contribution in [0.15, 0.2) is 23.1 Å². The number of benzene rings is 1. The molecule has 2 rings (SSSR count). The van der Waals surface area contributed by atoms with Crippen LogP contribution in [0.1, 0.15) is 36.3 Å². The van der Waals surface area contributed by atoms with Crippen LogP contribution in [-0.4, -0.2) is 12.8 Å². The molecule has 1 nitrogen and oxygen atoms in total. The average Bonchev–Trinajstić information content (AvgIpc) is 2.29. The van der Waals surface area contributed by atoms with Crippen molar-refractivity contribution in [1.82, 2.24) is 0 Å². The summed E-state index contributed by atoms with van der Waals surface area (Å²) in [4.78, 5) is 1.39. The van der Waals surface area contributed by atoms with Gasteiger partial charge in [0, 0.05) is 4.90 Å². The summed E-state index contributed by atoms with van der Waals surface area (Å²) >= 11 is 1.83. The molecule has 1 atom stereocenters. The highest BCUT2D eigenvalue weighted by Gasteiger charge is 2.19. The Kier molecular flexibility index (Phi) is 3.71. The number of rotatable bonds is 3. The van der Waals surface area contributed by atoms with E-state index < -0.39 is 0 Å². The SMILES string of the molecule is CSc1ccc2c(c1)C(CCN)CCC2. The molecule has 1 aliphatic rings. The first-order chi connectivity index (χ1) is 7.35. The first-order valence-corrected chi connectivity index (χ1v) is 6.94. The zero-order valence-corrected chi connectivity index (χ0v) is 10.1. The molecule has 0 aliphatic heterocycles. The molecule has 1 aromatic carbocycles. The molecule has 1 aromatic rings. The fourth-order valence-corrected chi connectivity index (χ4v) is 2.95. The van der Waals surface area contributed by atoms with Crippen LogP contribution in [0.5, 0.6) is 0 Å². The second-order valence-corrected chi connectivity index (χ2v) is 5.11. The van der Waals surface area contributed by atoms with E-state index in [0.717, 1.165) is 13.0 Å². The number of aryl methyl sites for hydroxylation is 1. The molecule has 15 heavy (non-hydrogen) atoms. The smallest absolute Gasteiger partial charge is 0.00721 e. The maximum absolute atomic E-state index is 5.68. The Morgan fingerprint density at radius 1 is 1.47 bits per heavy atom. The Hall–Kier alpha value is -0.470. The van der Waals surface area contributed by atoms with Gasteiger partial charge < -0.3 is 5.73 Å². The zero-order chi connectivity index (χ0) is 10.7. The van der Waals surface area contributed by atoms with Gasteiger partial charge in [-0.15, -0.1) is 11.8 Å². The maximum Gasteiger partial charge on any atom is 0.00721 e. The van der Waals surface area contributed by atoms with Gasteiger partial charge in [-0.1, -0.05) is 6.07 Å². The average molecular weight is 221 g/mol. The van der Waals surface area contributed by atoms with Crippen LogP contribution in [0.3, 0.4) is 0 Å². The monoisotopic (exact) mass is 221 g/mol. The molecule has 0 bridgehead atoms. The van der Waals surface area contributed by atoms with Crippen molar-refractivity contribution in [3.8, 4) is 0 Å². The summed E-state index contributed by atoms with van der Waals surface area (Å²) in [5, 5.41) is 0. The van der Waals surface area contributed by atoms with Crippen molar-refractivity contribution < 1.29 is 0 Å². The molecular formula is C13H19NS. The second-order valence-electron chi connectivity index (χ2n) is 4.23. The van der Waals surface area contributed by atoms with Gasteiger partial charge in [-0.2, -0.15) is 0 Å². The summed E-state index contributed by atoms with van der Waals surface area (Å²) in [5.41, 5.74) is 8.80. The van der Waals surface area contributed by atoms with Crippen LogP contribution < -0.4 is 5.73 Å². The lowest BCUT2D eigenvalue weighted by molar-refractivity contribution is 0.525. The highest BCUT2D eigenvalue weighted by Crippen LogP contribution is 2.35. The van der Waals surface area contributed by atoms with E-state index in [-0.39, 0.29) is 0 Å². The lowest BCUT2D eigenvalue weighted by atomic mass is 9.81. The van der Waals surface area contributed by atoms with Crippen molar-refractivity contribution in [2.24, 2.45) is 5.73 Å². The molecule has 1 aliphatic carbocycles. The van der Waals surface area contributed by atoms with E-state index in [9.17, 15) is 0 Å². The van der Waals surface area contributed by atoms with Gasteiger partial charge >= 0.3 is 0 Å². The molecule has 0 aromatic heterocycles. The summed E-state index contributed by atoms with van der Waals surface area (Å²) in [6.45, 7) is 0.813. The van der Waals surface area contributed by atoms with E-state index >= 15 is 0 Å². The predicted molar refractivity (Wildman–Crippen MR) is 67.6 cm³/mol. The Morgan fingerprint density at radius 3 is 3.07 bits per heavy atom. The lowest BCUT2D eigenvalue weighted by Gasteiger charge is -2.25. The van der Waals surface area contributed by atoms with Crippen LogP contribution in [-0.2, 0) is 6.42 Å². The number of nitrogens with two attached hydrogens (primary N) is 1. The first kappa shape index (κ1) is 11.0. The number of fused-ring (bicyclic) bond motifs is 1. The van der Waals surface area contributed by atoms with Crippen LogP contribution in [0, 0.1) is 0 Å². The third kappa shape index (κ3) is 2.37. The summed E-state index contributed by atoms with van der Waals surface area (Å²) in [6, 6.07) is 6.93. The molecule has 0 heterocycles. The summed E-state index contributed by atoms with van der Waals surface area (Å²) in [7, 11) is 0. The van der Waals surface area contributed by atoms with E-state index in [1.165, 1.54) is 24.2 Å². The summed E-state index contributed by atoms with van der Waals surface area (Å²) in [5.74, 6) is 0.714. The Labute approximate surface area is 96.4 Å². The van der Waals surface area contributed by atoms with Gasteiger partial charge in [0.2, 0.25) is 0 Å².